The predicted octanol–water partition coefficient (Wildman–Crippen LogP) is 4.61. The van der Waals surface area contributed by atoms with Crippen LogP contribution in [0.3, 0.4) is 0 Å². The van der Waals surface area contributed by atoms with Crippen LogP contribution in [0.4, 0.5) is 0 Å². The van der Waals surface area contributed by atoms with Gasteiger partial charge in [-0.05, 0) is 43.0 Å². The van der Waals surface area contributed by atoms with Gasteiger partial charge in [0.1, 0.15) is 0 Å². The van der Waals surface area contributed by atoms with Gasteiger partial charge in [-0.2, -0.15) is 4.98 Å². The Labute approximate surface area is 164 Å². The molecule has 0 atom stereocenters. The molecule has 1 aliphatic rings. The summed E-state index contributed by atoms with van der Waals surface area (Å²) in [7, 11) is 0. The van der Waals surface area contributed by atoms with Crippen LogP contribution in [0.15, 0.2) is 47.0 Å². The SMILES string of the molecule is CC(C)c1ccc(-c2noc(CNC(C)(C)c3ccc4c(c3)OCO4)n2)cc1. The Morgan fingerprint density at radius 2 is 1.79 bits per heavy atom. The molecule has 1 aromatic heterocycles. The summed E-state index contributed by atoms with van der Waals surface area (Å²) in [5.41, 5.74) is 3.05. The third-order valence-electron chi connectivity index (χ3n) is 5.08. The molecule has 1 aliphatic heterocycles. The topological polar surface area (TPSA) is 69.4 Å². The number of fused-ring (bicyclic) bond motifs is 1. The molecular weight excluding hydrogens is 354 g/mol. The number of nitrogens with one attached hydrogen (secondary N) is 1. The summed E-state index contributed by atoms with van der Waals surface area (Å²) in [6, 6.07) is 14.3. The molecule has 28 heavy (non-hydrogen) atoms. The van der Waals surface area contributed by atoms with Crippen molar-refractivity contribution in [3.8, 4) is 22.9 Å². The Hall–Kier alpha value is -2.86. The lowest BCUT2D eigenvalue weighted by Gasteiger charge is -2.26. The first-order valence-electron chi connectivity index (χ1n) is 9.50. The van der Waals surface area contributed by atoms with Crippen molar-refractivity contribution in [3.63, 3.8) is 0 Å². The van der Waals surface area contributed by atoms with Gasteiger partial charge in [-0.25, -0.2) is 0 Å². The third kappa shape index (κ3) is 3.73. The predicted molar refractivity (Wildman–Crippen MR) is 106 cm³/mol. The normalized spacial score (nSPS) is 13.3. The van der Waals surface area contributed by atoms with E-state index in [2.05, 4.69) is 55.3 Å². The summed E-state index contributed by atoms with van der Waals surface area (Å²) in [6.45, 7) is 9.30. The van der Waals surface area contributed by atoms with E-state index in [1.165, 1.54) is 5.56 Å². The molecule has 146 valence electrons. The molecule has 0 aliphatic carbocycles. The van der Waals surface area contributed by atoms with E-state index in [-0.39, 0.29) is 12.3 Å². The highest BCUT2D eigenvalue weighted by atomic mass is 16.7. The minimum absolute atomic E-state index is 0.273. The standard InChI is InChI=1S/C22H25N3O3/c1-14(2)15-5-7-16(8-6-15)21-24-20(28-25-21)12-23-22(3,4)17-9-10-18-19(11-17)27-13-26-18/h5-11,14,23H,12-13H2,1-4H3. The zero-order chi connectivity index (χ0) is 19.7. The molecule has 0 amide bonds. The van der Waals surface area contributed by atoms with Crippen molar-refractivity contribution in [2.24, 2.45) is 0 Å². The van der Waals surface area contributed by atoms with Crippen molar-refractivity contribution in [2.45, 2.75) is 45.7 Å². The Kier molecular flexibility index (Phi) is 4.81. The number of hydrogen-bond acceptors (Lipinski definition) is 6. The van der Waals surface area contributed by atoms with Crippen LogP contribution in [0.2, 0.25) is 0 Å². The molecule has 2 heterocycles. The number of rotatable bonds is 6. The summed E-state index contributed by atoms with van der Waals surface area (Å²) in [5.74, 6) is 3.21. The van der Waals surface area contributed by atoms with Crippen molar-refractivity contribution in [3.05, 3.63) is 59.5 Å². The van der Waals surface area contributed by atoms with Crippen LogP contribution >= 0.6 is 0 Å². The largest absolute Gasteiger partial charge is 0.454 e. The lowest BCUT2D eigenvalue weighted by atomic mass is 9.94. The number of hydrogen-bond donors (Lipinski definition) is 1. The molecule has 0 saturated heterocycles. The molecule has 6 nitrogen and oxygen atoms in total. The van der Waals surface area contributed by atoms with Gasteiger partial charge in [0.05, 0.1) is 6.54 Å². The average Bonchev–Trinajstić information content (AvgIpc) is 3.35. The van der Waals surface area contributed by atoms with Gasteiger partial charge in [0, 0.05) is 11.1 Å². The summed E-state index contributed by atoms with van der Waals surface area (Å²) in [5, 5.41) is 7.60. The second-order valence-corrected chi connectivity index (χ2v) is 7.84. The maximum Gasteiger partial charge on any atom is 0.240 e. The Morgan fingerprint density at radius 1 is 1.04 bits per heavy atom. The summed E-state index contributed by atoms with van der Waals surface area (Å²) in [4.78, 5) is 4.52. The van der Waals surface area contributed by atoms with Gasteiger partial charge < -0.3 is 14.0 Å². The molecule has 2 aromatic carbocycles. The smallest absolute Gasteiger partial charge is 0.240 e. The fourth-order valence-electron chi connectivity index (χ4n) is 3.14. The minimum atomic E-state index is -0.297. The van der Waals surface area contributed by atoms with Crippen molar-refractivity contribution in [1.82, 2.24) is 15.5 Å². The molecule has 0 spiro atoms. The first-order chi connectivity index (χ1) is 13.4. The van der Waals surface area contributed by atoms with Gasteiger partial charge in [0.25, 0.3) is 0 Å². The van der Waals surface area contributed by atoms with Crippen LogP contribution in [-0.4, -0.2) is 16.9 Å². The number of aromatic nitrogens is 2. The highest BCUT2D eigenvalue weighted by Gasteiger charge is 2.24. The minimum Gasteiger partial charge on any atom is -0.454 e. The maximum atomic E-state index is 5.48. The van der Waals surface area contributed by atoms with Crippen molar-refractivity contribution < 1.29 is 14.0 Å². The zero-order valence-corrected chi connectivity index (χ0v) is 16.7. The first-order valence-corrected chi connectivity index (χ1v) is 9.50. The fraction of sp³-hybridized carbons (Fsp3) is 0.364. The maximum absolute atomic E-state index is 5.48. The van der Waals surface area contributed by atoms with Crippen LogP contribution in [0.5, 0.6) is 11.5 Å². The van der Waals surface area contributed by atoms with Crippen molar-refractivity contribution >= 4 is 0 Å². The Morgan fingerprint density at radius 3 is 2.54 bits per heavy atom. The van der Waals surface area contributed by atoms with E-state index in [9.17, 15) is 0 Å². The van der Waals surface area contributed by atoms with E-state index < -0.39 is 0 Å². The average molecular weight is 379 g/mol. The molecule has 0 unspecified atom stereocenters. The van der Waals surface area contributed by atoms with Gasteiger partial charge in [-0.3, -0.25) is 5.32 Å². The van der Waals surface area contributed by atoms with Crippen LogP contribution < -0.4 is 14.8 Å². The summed E-state index contributed by atoms with van der Waals surface area (Å²) < 4.78 is 16.3. The van der Waals surface area contributed by atoms with E-state index in [1.807, 2.05) is 30.3 Å². The lowest BCUT2D eigenvalue weighted by molar-refractivity contribution is 0.174. The molecule has 0 radical (unpaired) electrons. The van der Waals surface area contributed by atoms with E-state index in [1.54, 1.807) is 0 Å². The molecule has 0 saturated carbocycles. The van der Waals surface area contributed by atoms with Gasteiger partial charge in [-0.1, -0.05) is 49.3 Å². The van der Waals surface area contributed by atoms with Crippen LogP contribution in [0.1, 0.15) is 50.6 Å². The van der Waals surface area contributed by atoms with E-state index in [0.29, 0.717) is 24.2 Å². The number of nitrogens with zero attached hydrogens (tertiary/aromatic N) is 2. The van der Waals surface area contributed by atoms with Crippen molar-refractivity contribution in [1.29, 1.82) is 0 Å². The molecule has 4 rings (SSSR count). The van der Waals surface area contributed by atoms with Gasteiger partial charge in [0.15, 0.2) is 11.5 Å². The highest BCUT2D eigenvalue weighted by Crippen LogP contribution is 2.35. The van der Waals surface area contributed by atoms with Gasteiger partial charge >= 0.3 is 0 Å². The van der Waals surface area contributed by atoms with Crippen molar-refractivity contribution in [2.75, 3.05) is 6.79 Å². The van der Waals surface area contributed by atoms with E-state index in [0.717, 1.165) is 22.6 Å². The third-order valence-corrected chi connectivity index (χ3v) is 5.08. The monoisotopic (exact) mass is 379 g/mol. The quantitative estimate of drug-likeness (QED) is 0.674. The highest BCUT2D eigenvalue weighted by molar-refractivity contribution is 5.54. The molecule has 1 N–H and O–H groups in total. The Bertz CT molecular complexity index is 961. The lowest BCUT2D eigenvalue weighted by Crippen LogP contribution is -2.36. The molecule has 0 bridgehead atoms. The van der Waals surface area contributed by atoms with Gasteiger partial charge in [-0.15, -0.1) is 0 Å². The molecular formula is C22H25N3O3. The van der Waals surface area contributed by atoms with E-state index >= 15 is 0 Å². The molecule has 0 fully saturated rings. The van der Waals surface area contributed by atoms with E-state index in [4.69, 9.17) is 14.0 Å². The number of ether oxygens (including phenoxy) is 2. The summed E-state index contributed by atoms with van der Waals surface area (Å²) in [6.07, 6.45) is 0. The van der Waals surface area contributed by atoms with Gasteiger partial charge in [0.2, 0.25) is 18.5 Å². The number of benzene rings is 2. The second-order valence-electron chi connectivity index (χ2n) is 7.84. The molecule has 3 aromatic rings. The second kappa shape index (κ2) is 7.28. The zero-order valence-electron chi connectivity index (χ0n) is 16.7. The van der Waals surface area contributed by atoms with Crippen LogP contribution in [0, 0.1) is 0 Å². The fourth-order valence-corrected chi connectivity index (χ4v) is 3.14. The molecule has 6 heteroatoms. The van der Waals surface area contributed by atoms with Crippen LogP contribution in [-0.2, 0) is 12.1 Å². The first kappa shape index (κ1) is 18.5. The van der Waals surface area contributed by atoms with Crippen LogP contribution in [0.25, 0.3) is 11.4 Å². The summed E-state index contributed by atoms with van der Waals surface area (Å²) >= 11 is 0. The Balaban J connectivity index is 1.43.